The molecule has 1 aliphatic rings. The van der Waals surface area contributed by atoms with Crippen molar-refractivity contribution in [2.45, 2.75) is 38.5 Å². The van der Waals surface area contributed by atoms with Crippen molar-refractivity contribution in [2.75, 3.05) is 0 Å². The number of rotatable bonds is 0. The SMILES string of the molecule is O=C1CCCC=CCCCC1=O. The van der Waals surface area contributed by atoms with E-state index >= 15 is 0 Å². The minimum Gasteiger partial charge on any atom is -0.291 e. The van der Waals surface area contributed by atoms with Gasteiger partial charge in [0, 0.05) is 12.8 Å². The summed E-state index contributed by atoms with van der Waals surface area (Å²) in [5, 5.41) is 0. The number of Topliss-reactive ketones (excluding diaryl/α,β-unsaturated/α-hetero) is 2. The third-order valence-electron chi connectivity index (χ3n) is 2.03. The van der Waals surface area contributed by atoms with Gasteiger partial charge < -0.3 is 0 Å². The highest BCUT2D eigenvalue weighted by molar-refractivity contribution is 6.37. The second-order valence-electron chi connectivity index (χ2n) is 3.10. The zero-order valence-electron chi connectivity index (χ0n) is 7.21. The van der Waals surface area contributed by atoms with Crippen LogP contribution in [0.25, 0.3) is 0 Å². The van der Waals surface area contributed by atoms with Gasteiger partial charge in [0.1, 0.15) is 0 Å². The molecule has 66 valence electrons. The molecule has 1 aliphatic carbocycles. The van der Waals surface area contributed by atoms with Crippen LogP contribution in [0.1, 0.15) is 38.5 Å². The Bertz CT molecular complexity index is 182. The molecule has 0 aliphatic heterocycles. The molecule has 0 fully saturated rings. The molecule has 0 atom stereocenters. The first-order valence-electron chi connectivity index (χ1n) is 4.52. The summed E-state index contributed by atoms with van der Waals surface area (Å²) >= 11 is 0. The van der Waals surface area contributed by atoms with E-state index in [1.54, 1.807) is 0 Å². The highest BCUT2D eigenvalue weighted by Gasteiger charge is 2.12. The largest absolute Gasteiger partial charge is 0.291 e. The minimum absolute atomic E-state index is 0.176. The smallest absolute Gasteiger partial charge is 0.198 e. The van der Waals surface area contributed by atoms with E-state index in [0.29, 0.717) is 12.8 Å². The van der Waals surface area contributed by atoms with E-state index in [0.717, 1.165) is 25.7 Å². The van der Waals surface area contributed by atoms with Gasteiger partial charge in [-0.3, -0.25) is 9.59 Å². The normalized spacial score (nSPS) is 21.0. The number of ketones is 2. The molecule has 0 bridgehead atoms. The average molecular weight is 166 g/mol. The van der Waals surface area contributed by atoms with Crippen LogP contribution < -0.4 is 0 Å². The fraction of sp³-hybridized carbons (Fsp3) is 0.600. The Morgan fingerprint density at radius 3 is 1.67 bits per heavy atom. The van der Waals surface area contributed by atoms with E-state index < -0.39 is 0 Å². The molecule has 0 radical (unpaired) electrons. The lowest BCUT2D eigenvalue weighted by atomic mass is 10.0. The Morgan fingerprint density at radius 2 is 1.25 bits per heavy atom. The van der Waals surface area contributed by atoms with Gasteiger partial charge in [-0.25, -0.2) is 0 Å². The Labute approximate surface area is 72.7 Å². The molecule has 2 nitrogen and oxygen atoms in total. The molecular formula is C10H14O2. The maximum atomic E-state index is 11.1. The van der Waals surface area contributed by atoms with Gasteiger partial charge >= 0.3 is 0 Å². The second kappa shape index (κ2) is 4.86. The van der Waals surface area contributed by atoms with Gasteiger partial charge in [0.05, 0.1) is 0 Å². The van der Waals surface area contributed by atoms with E-state index in [1.807, 2.05) is 0 Å². The van der Waals surface area contributed by atoms with Crippen molar-refractivity contribution in [3.05, 3.63) is 12.2 Å². The lowest BCUT2D eigenvalue weighted by Crippen LogP contribution is -2.13. The third-order valence-corrected chi connectivity index (χ3v) is 2.03. The summed E-state index contributed by atoms with van der Waals surface area (Å²) in [6.45, 7) is 0. The minimum atomic E-state index is -0.176. The first-order chi connectivity index (χ1) is 5.80. The Kier molecular flexibility index (Phi) is 3.71. The van der Waals surface area contributed by atoms with E-state index in [9.17, 15) is 9.59 Å². The number of hydrogen-bond acceptors (Lipinski definition) is 2. The first-order valence-corrected chi connectivity index (χ1v) is 4.52. The molecule has 0 aromatic carbocycles. The van der Waals surface area contributed by atoms with Gasteiger partial charge in [-0.15, -0.1) is 0 Å². The molecule has 0 saturated heterocycles. The van der Waals surface area contributed by atoms with Crippen LogP contribution in [0, 0.1) is 0 Å². The molecule has 0 spiro atoms. The van der Waals surface area contributed by atoms with Crippen molar-refractivity contribution in [1.29, 1.82) is 0 Å². The highest BCUT2D eigenvalue weighted by Crippen LogP contribution is 2.07. The lowest BCUT2D eigenvalue weighted by Gasteiger charge is -2.00. The zero-order valence-corrected chi connectivity index (χ0v) is 7.21. The van der Waals surface area contributed by atoms with Crippen molar-refractivity contribution < 1.29 is 9.59 Å². The summed E-state index contributed by atoms with van der Waals surface area (Å²) in [5.41, 5.74) is 0. The Balaban J connectivity index is 2.47. The van der Waals surface area contributed by atoms with Crippen LogP contribution in [0.4, 0.5) is 0 Å². The predicted octanol–water partition coefficient (Wildman–Crippen LogP) is 2.04. The van der Waals surface area contributed by atoms with Gasteiger partial charge in [0.15, 0.2) is 11.6 Å². The van der Waals surface area contributed by atoms with Gasteiger partial charge in [-0.1, -0.05) is 12.2 Å². The molecule has 2 heteroatoms. The molecule has 0 amide bonds. The molecular weight excluding hydrogens is 152 g/mol. The van der Waals surface area contributed by atoms with E-state index in [2.05, 4.69) is 12.2 Å². The van der Waals surface area contributed by atoms with Gasteiger partial charge in [-0.2, -0.15) is 0 Å². The topological polar surface area (TPSA) is 34.1 Å². The molecule has 0 aromatic rings. The number of carbonyl (C=O) groups is 2. The maximum Gasteiger partial charge on any atom is 0.198 e. The fourth-order valence-electron chi connectivity index (χ4n) is 1.28. The molecule has 12 heavy (non-hydrogen) atoms. The molecule has 0 aromatic heterocycles. The third kappa shape index (κ3) is 2.99. The van der Waals surface area contributed by atoms with Crippen LogP contribution in [0.2, 0.25) is 0 Å². The fourth-order valence-corrected chi connectivity index (χ4v) is 1.28. The Morgan fingerprint density at radius 1 is 0.833 bits per heavy atom. The predicted molar refractivity (Wildman–Crippen MR) is 46.9 cm³/mol. The van der Waals surface area contributed by atoms with Crippen LogP contribution in [-0.2, 0) is 9.59 Å². The van der Waals surface area contributed by atoms with E-state index in [4.69, 9.17) is 0 Å². The van der Waals surface area contributed by atoms with Gasteiger partial charge in [-0.05, 0) is 25.7 Å². The zero-order chi connectivity index (χ0) is 8.81. The summed E-state index contributed by atoms with van der Waals surface area (Å²) in [6, 6.07) is 0. The Hall–Kier alpha value is -0.920. The summed E-state index contributed by atoms with van der Waals surface area (Å²) in [4.78, 5) is 22.1. The van der Waals surface area contributed by atoms with E-state index in [1.165, 1.54) is 0 Å². The molecule has 0 heterocycles. The number of allylic oxidation sites excluding steroid dienone is 2. The standard InChI is InChI=1S/C10H14O2/c11-9-7-5-3-1-2-4-6-8-10(9)12/h1-2H,3-8H2. The van der Waals surface area contributed by atoms with E-state index in [-0.39, 0.29) is 11.6 Å². The van der Waals surface area contributed by atoms with Gasteiger partial charge in [0.25, 0.3) is 0 Å². The highest BCUT2D eigenvalue weighted by atomic mass is 16.2. The van der Waals surface area contributed by atoms with Crippen molar-refractivity contribution in [2.24, 2.45) is 0 Å². The first kappa shape index (κ1) is 9.17. The molecule has 0 saturated carbocycles. The van der Waals surface area contributed by atoms with Crippen molar-refractivity contribution in [3.63, 3.8) is 0 Å². The van der Waals surface area contributed by atoms with Crippen LogP contribution in [0.3, 0.4) is 0 Å². The summed E-state index contributed by atoms with van der Waals surface area (Å²) in [5.74, 6) is -0.351. The van der Waals surface area contributed by atoms with Crippen LogP contribution >= 0.6 is 0 Å². The molecule has 0 unspecified atom stereocenters. The average Bonchev–Trinajstić information content (AvgIpc) is 2.08. The second-order valence-corrected chi connectivity index (χ2v) is 3.10. The monoisotopic (exact) mass is 166 g/mol. The maximum absolute atomic E-state index is 11.1. The number of hydrogen-bond donors (Lipinski definition) is 0. The molecule has 1 rings (SSSR count). The molecule has 0 N–H and O–H groups in total. The van der Waals surface area contributed by atoms with Crippen molar-refractivity contribution in [1.82, 2.24) is 0 Å². The van der Waals surface area contributed by atoms with Crippen molar-refractivity contribution in [3.8, 4) is 0 Å². The summed E-state index contributed by atoms with van der Waals surface area (Å²) < 4.78 is 0. The number of carbonyl (C=O) groups excluding carboxylic acids is 2. The summed E-state index contributed by atoms with van der Waals surface area (Å²) in [6.07, 6.45) is 8.57. The summed E-state index contributed by atoms with van der Waals surface area (Å²) in [7, 11) is 0. The van der Waals surface area contributed by atoms with Crippen LogP contribution in [0.15, 0.2) is 12.2 Å². The van der Waals surface area contributed by atoms with Gasteiger partial charge in [0.2, 0.25) is 0 Å². The van der Waals surface area contributed by atoms with Crippen LogP contribution in [-0.4, -0.2) is 11.6 Å². The quantitative estimate of drug-likeness (QED) is 0.407. The lowest BCUT2D eigenvalue weighted by molar-refractivity contribution is -0.136. The van der Waals surface area contributed by atoms with Crippen LogP contribution in [0.5, 0.6) is 0 Å². The van der Waals surface area contributed by atoms with Crippen molar-refractivity contribution >= 4 is 11.6 Å².